The van der Waals surface area contributed by atoms with Gasteiger partial charge in [0.05, 0.1) is 5.52 Å². The lowest BCUT2D eigenvalue weighted by atomic mass is 10.0. The van der Waals surface area contributed by atoms with Gasteiger partial charge in [0.15, 0.2) is 8.24 Å². The molecule has 0 saturated carbocycles. The fourth-order valence-corrected chi connectivity index (χ4v) is 13.9. The number of para-hydroxylation sites is 1. The third kappa shape index (κ3) is 3.69. The molecule has 0 atom stereocenters. The second kappa shape index (κ2) is 9.35. The first-order valence-corrected chi connectivity index (χ1v) is 16.1. The van der Waals surface area contributed by atoms with Crippen molar-refractivity contribution < 1.29 is 0 Å². The van der Waals surface area contributed by atoms with Crippen molar-refractivity contribution in [2.45, 2.75) is 64.6 Å². The van der Waals surface area contributed by atoms with Crippen molar-refractivity contribution in [3.63, 3.8) is 0 Å². The molecular formula is C32H37N5Si. The molecular weight excluding hydrogens is 482 g/mol. The predicted octanol–water partition coefficient (Wildman–Crippen LogP) is 8.36. The Hall–Kier alpha value is -3.51. The zero-order chi connectivity index (χ0) is 26.6. The number of benzene rings is 2. The van der Waals surface area contributed by atoms with Crippen molar-refractivity contribution in [1.82, 2.24) is 19.2 Å². The Morgan fingerprint density at radius 3 is 2.32 bits per heavy atom. The first kappa shape index (κ1) is 24.8. The van der Waals surface area contributed by atoms with E-state index in [1.165, 1.54) is 16.6 Å². The Bertz CT molecular complexity index is 1610. The lowest BCUT2D eigenvalue weighted by molar-refractivity contribution is 0.770. The quantitative estimate of drug-likeness (QED) is 0.211. The Morgan fingerprint density at radius 2 is 1.55 bits per heavy atom. The monoisotopic (exact) mass is 519 g/mol. The SMILES string of the molecule is CC(C)[Si](C(C)C)(C(C)C)n1ccc2cc(-c3ccc4ncnc(N5CCc6ccccc65)c4c3)cnc21. The van der Waals surface area contributed by atoms with E-state index in [1.807, 2.05) is 0 Å². The molecule has 2 aromatic carbocycles. The van der Waals surface area contributed by atoms with Gasteiger partial charge in [0, 0.05) is 34.8 Å². The molecule has 5 aromatic rings. The zero-order valence-electron chi connectivity index (χ0n) is 23.3. The maximum absolute atomic E-state index is 5.10. The van der Waals surface area contributed by atoms with Crippen LogP contribution in [0.25, 0.3) is 33.1 Å². The fourth-order valence-electron chi connectivity index (χ4n) is 7.32. The summed E-state index contributed by atoms with van der Waals surface area (Å²) in [5, 5.41) is 2.28. The molecule has 194 valence electrons. The van der Waals surface area contributed by atoms with Gasteiger partial charge >= 0.3 is 0 Å². The summed E-state index contributed by atoms with van der Waals surface area (Å²) in [6.07, 6.45) is 7.08. The first-order valence-electron chi connectivity index (χ1n) is 13.9. The minimum Gasteiger partial charge on any atom is -0.359 e. The van der Waals surface area contributed by atoms with Crippen LogP contribution in [0.15, 0.2) is 73.3 Å². The topological polar surface area (TPSA) is 46.8 Å². The van der Waals surface area contributed by atoms with Crippen LogP contribution in [-0.2, 0) is 6.42 Å². The lowest BCUT2D eigenvalue weighted by Crippen LogP contribution is -2.51. The molecule has 6 rings (SSSR count). The van der Waals surface area contributed by atoms with Crippen LogP contribution in [0.4, 0.5) is 11.5 Å². The van der Waals surface area contributed by atoms with E-state index in [4.69, 9.17) is 9.97 Å². The Kier molecular flexibility index (Phi) is 6.10. The highest BCUT2D eigenvalue weighted by atomic mass is 28.3. The van der Waals surface area contributed by atoms with Crippen LogP contribution in [-0.4, -0.2) is 34.0 Å². The van der Waals surface area contributed by atoms with Crippen molar-refractivity contribution in [2.75, 3.05) is 11.4 Å². The summed E-state index contributed by atoms with van der Waals surface area (Å²) in [5.41, 5.74) is 8.83. The Labute approximate surface area is 226 Å². The summed E-state index contributed by atoms with van der Waals surface area (Å²) in [6.45, 7) is 15.4. The Morgan fingerprint density at radius 1 is 0.789 bits per heavy atom. The summed E-state index contributed by atoms with van der Waals surface area (Å²) in [7, 11) is -1.87. The van der Waals surface area contributed by atoms with Crippen LogP contribution in [0.3, 0.4) is 0 Å². The van der Waals surface area contributed by atoms with Gasteiger partial charge < -0.3 is 9.13 Å². The first-order chi connectivity index (χ1) is 18.3. The maximum atomic E-state index is 5.10. The predicted molar refractivity (Wildman–Crippen MR) is 162 cm³/mol. The van der Waals surface area contributed by atoms with Crippen molar-refractivity contribution in [2.24, 2.45) is 0 Å². The summed E-state index contributed by atoms with van der Waals surface area (Å²) in [5.74, 6) is 0.976. The molecule has 6 heteroatoms. The van der Waals surface area contributed by atoms with E-state index in [0.717, 1.165) is 46.5 Å². The molecule has 0 amide bonds. The molecule has 0 spiro atoms. The zero-order valence-corrected chi connectivity index (χ0v) is 24.3. The van der Waals surface area contributed by atoms with Crippen molar-refractivity contribution in [1.29, 1.82) is 0 Å². The third-order valence-corrected chi connectivity index (χ3v) is 15.6. The van der Waals surface area contributed by atoms with Gasteiger partial charge in [-0.15, -0.1) is 0 Å². The molecule has 3 aromatic heterocycles. The van der Waals surface area contributed by atoms with E-state index < -0.39 is 8.24 Å². The van der Waals surface area contributed by atoms with Gasteiger partial charge in [-0.25, -0.2) is 15.0 Å². The van der Waals surface area contributed by atoms with Gasteiger partial charge in [-0.2, -0.15) is 0 Å². The van der Waals surface area contributed by atoms with Gasteiger partial charge in [-0.3, -0.25) is 0 Å². The average Bonchev–Trinajstić information content (AvgIpc) is 3.52. The summed E-state index contributed by atoms with van der Waals surface area (Å²) in [4.78, 5) is 16.8. The molecule has 0 unspecified atom stereocenters. The molecule has 5 nitrogen and oxygen atoms in total. The minimum atomic E-state index is -1.87. The summed E-state index contributed by atoms with van der Waals surface area (Å²) in [6, 6.07) is 19.7. The minimum absolute atomic E-state index is 0.620. The van der Waals surface area contributed by atoms with E-state index in [-0.39, 0.29) is 0 Å². The van der Waals surface area contributed by atoms with Crippen LogP contribution in [0.5, 0.6) is 0 Å². The number of fused-ring (bicyclic) bond motifs is 3. The van der Waals surface area contributed by atoms with Crippen molar-refractivity contribution in [3.8, 4) is 11.1 Å². The lowest BCUT2D eigenvalue weighted by Gasteiger charge is -2.44. The maximum Gasteiger partial charge on any atom is 0.171 e. The molecule has 0 aliphatic carbocycles. The van der Waals surface area contributed by atoms with E-state index in [0.29, 0.717) is 16.6 Å². The molecule has 0 saturated heterocycles. The van der Waals surface area contributed by atoms with E-state index in [9.17, 15) is 0 Å². The molecule has 0 bridgehead atoms. The van der Waals surface area contributed by atoms with E-state index in [2.05, 4.69) is 123 Å². The standard InChI is InChI=1S/C32H37N5Si/c1-21(2)38(22(3)4,23(5)6)37-16-14-26-17-27(19-33-31(26)37)25-11-12-29-28(18-25)32(35-20-34-29)36-15-13-24-9-7-8-10-30(24)36/h7-12,14,16-23H,13,15H2,1-6H3. The Balaban J connectivity index is 1.45. The largest absolute Gasteiger partial charge is 0.359 e. The van der Waals surface area contributed by atoms with Gasteiger partial charge in [-0.05, 0) is 70.7 Å². The van der Waals surface area contributed by atoms with Crippen molar-refractivity contribution in [3.05, 3.63) is 78.9 Å². The summed E-state index contributed by atoms with van der Waals surface area (Å²) < 4.78 is 2.59. The number of hydrogen-bond acceptors (Lipinski definition) is 4. The van der Waals surface area contributed by atoms with Crippen molar-refractivity contribution >= 4 is 41.7 Å². The second-order valence-corrected chi connectivity index (χ2v) is 17.4. The highest BCUT2D eigenvalue weighted by Gasteiger charge is 2.46. The van der Waals surface area contributed by atoms with Gasteiger partial charge in [0.2, 0.25) is 0 Å². The van der Waals surface area contributed by atoms with Crippen LogP contribution in [0, 0.1) is 0 Å². The average molecular weight is 520 g/mol. The van der Waals surface area contributed by atoms with Crippen LogP contribution >= 0.6 is 0 Å². The van der Waals surface area contributed by atoms with Gasteiger partial charge in [0.25, 0.3) is 0 Å². The molecule has 1 aliphatic heterocycles. The highest BCUT2D eigenvalue weighted by molar-refractivity contribution is 6.82. The van der Waals surface area contributed by atoms with E-state index >= 15 is 0 Å². The fraction of sp³-hybridized carbons (Fsp3) is 0.344. The number of aromatic nitrogens is 4. The van der Waals surface area contributed by atoms with Crippen LogP contribution < -0.4 is 4.90 Å². The second-order valence-electron chi connectivity index (χ2n) is 11.6. The smallest absolute Gasteiger partial charge is 0.171 e. The number of pyridine rings is 1. The molecule has 1 aliphatic rings. The third-order valence-electron chi connectivity index (χ3n) is 8.81. The van der Waals surface area contributed by atoms with Crippen LogP contribution in [0.2, 0.25) is 16.6 Å². The number of hydrogen-bond donors (Lipinski definition) is 0. The summed E-state index contributed by atoms with van der Waals surface area (Å²) >= 11 is 0. The molecule has 0 fully saturated rings. The van der Waals surface area contributed by atoms with E-state index in [1.54, 1.807) is 6.33 Å². The normalized spacial score (nSPS) is 14.0. The number of nitrogens with zero attached hydrogens (tertiary/aromatic N) is 5. The molecule has 0 N–H and O–H groups in total. The number of rotatable bonds is 6. The number of anilines is 2. The van der Waals surface area contributed by atoms with Gasteiger partial charge in [-0.1, -0.05) is 65.8 Å². The molecule has 38 heavy (non-hydrogen) atoms. The molecule has 0 radical (unpaired) electrons. The van der Waals surface area contributed by atoms with Crippen LogP contribution in [0.1, 0.15) is 47.1 Å². The highest BCUT2D eigenvalue weighted by Crippen LogP contribution is 2.44. The molecule has 4 heterocycles. The van der Waals surface area contributed by atoms with Gasteiger partial charge in [0.1, 0.15) is 17.8 Å².